The minimum absolute atomic E-state index is 0.472. The van der Waals surface area contributed by atoms with Gasteiger partial charge in [0, 0.05) is 25.3 Å². The summed E-state index contributed by atoms with van der Waals surface area (Å²) in [5, 5.41) is 7.93. The Morgan fingerprint density at radius 3 is 2.85 bits per heavy atom. The molecule has 6 nitrogen and oxygen atoms in total. The van der Waals surface area contributed by atoms with E-state index in [0.717, 1.165) is 50.6 Å². The van der Waals surface area contributed by atoms with Gasteiger partial charge in [-0.15, -0.1) is 5.10 Å². The maximum absolute atomic E-state index is 5.26. The number of rotatable bonds is 3. The molecule has 0 saturated carbocycles. The molecule has 20 heavy (non-hydrogen) atoms. The highest BCUT2D eigenvalue weighted by atomic mass is 16.5. The van der Waals surface area contributed by atoms with Crippen molar-refractivity contribution in [2.24, 2.45) is 0 Å². The first-order valence-corrected chi connectivity index (χ1v) is 7.27. The molecule has 6 heteroatoms. The molecule has 1 N–H and O–H groups in total. The van der Waals surface area contributed by atoms with E-state index in [1.807, 2.05) is 29.0 Å². The van der Waals surface area contributed by atoms with Crippen LogP contribution in [0.4, 0.5) is 5.95 Å². The third-order valence-electron chi connectivity index (χ3n) is 4.28. The van der Waals surface area contributed by atoms with Crippen molar-refractivity contribution in [3.8, 4) is 0 Å². The number of ether oxygens (including phenoxy) is 1. The summed E-state index contributed by atoms with van der Waals surface area (Å²) in [6.45, 7) is 4.09. The second-order valence-corrected chi connectivity index (χ2v) is 5.61. The standard InChI is InChI=1S/C14H19N5O/c1-2-12-8-15-14(17-19(12)5-1)16-11-3-6-18(7-4-11)13-9-20-10-13/h1-2,5,8,11,13H,3-4,6-7,9-10H2,(H,16,17). The topological polar surface area (TPSA) is 54.7 Å². The Hall–Kier alpha value is -1.66. The van der Waals surface area contributed by atoms with Crippen LogP contribution in [0.2, 0.25) is 0 Å². The average molecular weight is 273 g/mol. The molecule has 0 radical (unpaired) electrons. The molecule has 2 aliphatic rings. The summed E-state index contributed by atoms with van der Waals surface area (Å²) in [6, 6.07) is 5.11. The van der Waals surface area contributed by atoms with Gasteiger partial charge < -0.3 is 10.1 Å². The van der Waals surface area contributed by atoms with Crippen LogP contribution in [0, 0.1) is 0 Å². The molecule has 2 aromatic rings. The summed E-state index contributed by atoms with van der Waals surface area (Å²) >= 11 is 0. The molecule has 2 aliphatic heterocycles. The highest BCUT2D eigenvalue weighted by Crippen LogP contribution is 2.19. The van der Waals surface area contributed by atoms with Crippen LogP contribution in [-0.2, 0) is 4.74 Å². The summed E-state index contributed by atoms with van der Waals surface area (Å²) in [5.41, 5.74) is 1.02. The number of hydrogen-bond acceptors (Lipinski definition) is 5. The van der Waals surface area contributed by atoms with Crippen molar-refractivity contribution in [2.75, 3.05) is 31.6 Å². The van der Waals surface area contributed by atoms with E-state index in [2.05, 4.69) is 20.3 Å². The molecule has 0 unspecified atom stereocenters. The molecule has 2 aromatic heterocycles. The van der Waals surface area contributed by atoms with Gasteiger partial charge in [0.25, 0.3) is 0 Å². The Bertz CT molecular complexity index is 586. The molecule has 106 valence electrons. The van der Waals surface area contributed by atoms with Crippen LogP contribution >= 0.6 is 0 Å². The fourth-order valence-electron chi connectivity index (χ4n) is 2.93. The lowest BCUT2D eigenvalue weighted by Gasteiger charge is -2.41. The highest BCUT2D eigenvalue weighted by Gasteiger charge is 2.29. The number of fused-ring (bicyclic) bond motifs is 1. The molecule has 2 fully saturated rings. The molecule has 0 atom stereocenters. The number of piperidine rings is 1. The summed E-state index contributed by atoms with van der Waals surface area (Å²) < 4.78 is 7.12. The lowest BCUT2D eigenvalue weighted by atomic mass is 10.0. The molecule has 0 aliphatic carbocycles. The van der Waals surface area contributed by atoms with Crippen LogP contribution in [0.25, 0.3) is 5.52 Å². The van der Waals surface area contributed by atoms with Crippen molar-refractivity contribution in [3.05, 3.63) is 24.5 Å². The first-order chi connectivity index (χ1) is 9.88. The lowest BCUT2D eigenvalue weighted by molar-refractivity contribution is -0.0705. The fraction of sp³-hybridized carbons (Fsp3) is 0.571. The van der Waals surface area contributed by atoms with Gasteiger partial charge in [-0.3, -0.25) is 4.90 Å². The number of aromatic nitrogens is 3. The van der Waals surface area contributed by atoms with E-state index in [1.165, 1.54) is 0 Å². The van der Waals surface area contributed by atoms with Crippen LogP contribution in [0.3, 0.4) is 0 Å². The second-order valence-electron chi connectivity index (χ2n) is 5.61. The van der Waals surface area contributed by atoms with Crippen LogP contribution in [-0.4, -0.2) is 57.9 Å². The average Bonchev–Trinajstić information content (AvgIpc) is 2.86. The van der Waals surface area contributed by atoms with Crippen molar-refractivity contribution >= 4 is 11.5 Å². The van der Waals surface area contributed by atoms with E-state index >= 15 is 0 Å². The molecular weight excluding hydrogens is 254 g/mol. The van der Waals surface area contributed by atoms with E-state index in [-0.39, 0.29) is 0 Å². The van der Waals surface area contributed by atoms with Crippen molar-refractivity contribution in [3.63, 3.8) is 0 Å². The quantitative estimate of drug-likeness (QED) is 0.904. The van der Waals surface area contributed by atoms with Gasteiger partial charge in [-0.05, 0) is 25.0 Å². The van der Waals surface area contributed by atoms with Crippen molar-refractivity contribution in [1.29, 1.82) is 0 Å². The van der Waals surface area contributed by atoms with E-state index in [1.54, 1.807) is 0 Å². The Morgan fingerprint density at radius 1 is 1.25 bits per heavy atom. The van der Waals surface area contributed by atoms with Gasteiger partial charge in [0.05, 0.1) is 31.0 Å². The number of hydrogen-bond donors (Lipinski definition) is 1. The normalized spacial score (nSPS) is 22.0. The lowest BCUT2D eigenvalue weighted by Crippen LogP contribution is -2.53. The van der Waals surface area contributed by atoms with Gasteiger partial charge in [-0.2, -0.15) is 0 Å². The number of likely N-dealkylation sites (tertiary alicyclic amines) is 1. The maximum Gasteiger partial charge on any atom is 0.241 e. The Balaban J connectivity index is 1.37. The minimum Gasteiger partial charge on any atom is -0.378 e. The van der Waals surface area contributed by atoms with Crippen molar-refractivity contribution < 1.29 is 4.74 Å². The van der Waals surface area contributed by atoms with Crippen molar-refractivity contribution in [1.82, 2.24) is 19.5 Å². The SMILES string of the molecule is c1cc2cnc(NC3CCN(C4COC4)CC3)nn2c1. The van der Waals surface area contributed by atoms with Gasteiger partial charge in [-0.1, -0.05) is 0 Å². The largest absolute Gasteiger partial charge is 0.378 e. The number of anilines is 1. The predicted octanol–water partition coefficient (Wildman–Crippen LogP) is 1.00. The molecule has 2 saturated heterocycles. The summed E-state index contributed by atoms with van der Waals surface area (Å²) in [7, 11) is 0. The Morgan fingerprint density at radius 2 is 2.10 bits per heavy atom. The zero-order chi connectivity index (χ0) is 13.4. The monoisotopic (exact) mass is 273 g/mol. The predicted molar refractivity (Wildman–Crippen MR) is 75.8 cm³/mol. The summed E-state index contributed by atoms with van der Waals surface area (Å²) in [4.78, 5) is 6.92. The van der Waals surface area contributed by atoms with Crippen LogP contribution in [0.1, 0.15) is 12.8 Å². The van der Waals surface area contributed by atoms with Gasteiger partial charge in [0.15, 0.2) is 0 Å². The fourth-order valence-corrected chi connectivity index (χ4v) is 2.93. The number of nitrogens with zero attached hydrogens (tertiary/aromatic N) is 4. The summed E-state index contributed by atoms with van der Waals surface area (Å²) in [6.07, 6.45) is 6.09. The smallest absolute Gasteiger partial charge is 0.241 e. The maximum atomic E-state index is 5.26. The van der Waals surface area contributed by atoms with Gasteiger partial charge in [0.1, 0.15) is 0 Å². The Labute approximate surface area is 117 Å². The molecule has 0 aromatic carbocycles. The number of nitrogens with one attached hydrogen (secondary N) is 1. The van der Waals surface area contributed by atoms with Crippen molar-refractivity contribution in [2.45, 2.75) is 24.9 Å². The molecule has 4 heterocycles. The van der Waals surface area contributed by atoms with Crippen LogP contribution < -0.4 is 5.32 Å². The third kappa shape index (κ3) is 2.25. The Kier molecular flexibility index (Phi) is 3.05. The molecular formula is C14H19N5O. The van der Waals surface area contributed by atoms with E-state index in [0.29, 0.717) is 12.1 Å². The highest BCUT2D eigenvalue weighted by molar-refractivity contribution is 5.45. The van der Waals surface area contributed by atoms with Gasteiger partial charge in [-0.25, -0.2) is 9.50 Å². The van der Waals surface area contributed by atoms with Crippen LogP contribution in [0.15, 0.2) is 24.5 Å². The molecule has 0 bridgehead atoms. The molecule has 4 rings (SSSR count). The van der Waals surface area contributed by atoms with E-state index in [4.69, 9.17) is 4.74 Å². The third-order valence-corrected chi connectivity index (χ3v) is 4.28. The zero-order valence-corrected chi connectivity index (χ0v) is 11.4. The van der Waals surface area contributed by atoms with E-state index in [9.17, 15) is 0 Å². The summed E-state index contributed by atoms with van der Waals surface area (Å²) in [5.74, 6) is 0.721. The van der Waals surface area contributed by atoms with Gasteiger partial charge in [0.2, 0.25) is 5.95 Å². The van der Waals surface area contributed by atoms with Gasteiger partial charge >= 0.3 is 0 Å². The first kappa shape index (κ1) is 12.1. The molecule has 0 spiro atoms. The molecule has 0 amide bonds. The van der Waals surface area contributed by atoms with E-state index < -0.39 is 0 Å². The van der Waals surface area contributed by atoms with Crippen LogP contribution in [0.5, 0.6) is 0 Å². The minimum atomic E-state index is 0.472. The zero-order valence-electron chi connectivity index (χ0n) is 11.4. The second kappa shape index (κ2) is 5.03. The first-order valence-electron chi connectivity index (χ1n) is 7.27.